The smallest absolute Gasteiger partial charge is 0.182 e. The van der Waals surface area contributed by atoms with Crippen molar-refractivity contribution >= 4 is 237 Å². The van der Waals surface area contributed by atoms with Gasteiger partial charge in [-0.1, -0.05) is 224 Å². The van der Waals surface area contributed by atoms with Crippen LogP contribution in [0.2, 0.25) is 0 Å². The second-order valence-corrected chi connectivity index (χ2v) is 32.9. The maximum Gasteiger partial charge on any atom is 0.182 e. The van der Waals surface area contributed by atoms with E-state index < -0.39 is 0 Å². The summed E-state index contributed by atoms with van der Waals surface area (Å²) >= 11 is 5.53. The van der Waals surface area contributed by atoms with Crippen molar-refractivity contribution in [2.75, 3.05) is 0 Å². The molecule has 10 heteroatoms. The van der Waals surface area contributed by atoms with E-state index in [9.17, 15) is 0 Å². The third kappa shape index (κ3) is 9.65. The van der Waals surface area contributed by atoms with Crippen LogP contribution in [0.1, 0.15) is 0 Å². The molecule has 0 saturated heterocycles. The lowest BCUT2D eigenvalue weighted by atomic mass is 9.92. The Kier molecular flexibility index (Phi) is 14.0. The van der Waals surface area contributed by atoms with Crippen LogP contribution in [0.15, 0.2) is 375 Å². The lowest BCUT2D eigenvalue weighted by Crippen LogP contribution is -1.95. The minimum atomic E-state index is 0.779. The van der Waals surface area contributed by atoms with Crippen LogP contribution in [0.4, 0.5) is 0 Å². The molecular formula is C105H59N3O4S3. The molecule has 0 fully saturated rings. The van der Waals surface area contributed by atoms with Crippen LogP contribution < -0.4 is 0 Å². The number of hydrogen-bond acceptors (Lipinski definition) is 8. The predicted molar refractivity (Wildman–Crippen MR) is 487 cm³/mol. The molecule has 27 aromatic rings. The molecule has 0 bridgehead atoms. The quantitative estimate of drug-likeness (QED) is 0.172. The highest BCUT2D eigenvalue weighted by atomic mass is 32.1. The van der Waals surface area contributed by atoms with Crippen molar-refractivity contribution in [3.8, 4) is 44.8 Å². The zero-order chi connectivity index (χ0) is 75.1. The number of aromatic nitrogens is 3. The summed E-state index contributed by atoms with van der Waals surface area (Å²) in [7, 11) is 0. The molecule has 115 heavy (non-hydrogen) atoms. The van der Waals surface area contributed by atoms with E-state index in [0.29, 0.717) is 0 Å². The number of thiophene rings is 3. The largest absolute Gasteiger partial charge is 0.464 e. The summed E-state index contributed by atoms with van der Waals surface area (Å²) in [5.74, 6) is 0. The standard InChI is InChI=1S/C41H25N3O.C38H20O2S.C26H14OS2/c1-3-11-27(12-4-1)43-35-17-9-8-16-30(35)34-23-26(19-22-37(34)43)33-24-38-40(42-25-45-38)39-31(33)20-21-32-29-15-7-10-18-36(29)44(41(32)39)28-13-5-2-6-14-28;1-2-8-23-21(7-1)14-18-31-35(23)28-17-16-26-29(22-13-15-25-24-9-4-6-12-33(24)41-34(25)19-22)20-32-36(37(26)38(28)40-31)27-10-3-5-11-30(27)39-32;1-3-7-23-16(6-1)21(14-28-23)20-13-22-19(11-12-27-22)25-17(20)9-10-18-15-5-2-4-8-24(15)29-26(18)25/h1-25H;1-20H;1-14H. The molecule has 0 unspecified atom stereocenters. The molecular weight excluding hydrogens is 1460 g/mol. The lowest BCUT2D eigenvalue weighted by molar-refractivity contribution is 0.602. The predicted octanol–water partition coefficient (Wildman–Crippen LogP) is 31.5. The maximum absolute atomic E-state index is 6.76. The van der Waals surface area contributed by atoms with Crippen LogP contribution in [0.5, 0.6) is 0 Å². The molecule has 9 heterocycles. The number of para-hydroxylation sites is 5. The summed E-state index contributed by atoms with van der Waals surface area (Å²) in [6.45, 7) is 0. The zero-order valence-corrected chi connectivity index (χ0v) is 63.7. The molecule has 18 aromatic carbocycles. The molecule has 9 aromatic heterocycles. The Morgan fingerprint density at radius 3 is 1.63 bits per heavy atom. The van der Waals surface area contributed by atoms with Gasteiger partial charge >= 0.3 is 0 Å². The minimum absolute atomic E-state index is 0.779. The van der Waals surface area contributed by atoms with Gasteiger partial charge < -0.3 is 26.8 Å². The molecule has 0 aliphatic rings. The number of benzene rings is 18. The Morgan fingerprint density at radius 1 is 0.270 bits per heavy atom. The van der Waals surface area contributed by atoms with Gasteiger partial charge in [0.15, 0.2) is 12.0 Å². The average molecular weight is 1520 g/mol. The zero-order valence-electron chi connectivity index (χ0n) is 61.3. The third-order valence-corrected chi connectivity index (χ3v) is 27.1. The number of fused-ring (bicyclic) bond motifs is 32. The summed E-state index contributed by atoms with van der Waals surface area (Å²) in [5.41, 5.74) is 20.3. The van der Waals surface area contributed by atoms with Crippen LogP contribution in [-0.4, -0.2) is 14.1 Å². The van der Waals surface area contributed by atoms with Gasteiger partial charge in [-0.05, 0) is 175 Å². The normalized spacial score (nSPS) is 12.2. The van der Waals surface area contributed by atoms with E-state index in [1.54, 1.807) is 17.7 Å². The van der Waals surface area contributed by atoms with Gasteiger partial charge in [-0.2, -0.15) is 0 Å². The van der Waals surface area contributed by atoms with E-state index in [0.717, 1.165) is 110 Å². The lowest BCUT2D eigenvalue weighted by Gasteiger charge is -2.13. The molecule has 0 spiro atoms. The first kappa shape index (κ1) is 64.3. The first-order chi connectivity index (χ1) is 57.0. The Hall–Kier alpha value is -14.4. The first-order valence-corrected chi connectivity index (χ1v) is 41.2. The monoisotopic (exact) mass is 1520 g/mol. The number of rotatable bonds is 5. The molecule has 7 nitrogen and oxygen atoms in total. The third-order valence-electron chi connectivity index (χ3n) is 23.8. The Labute approximate surface area is 666 Å². The van der Waals surface area contributed by atoms with Crippen molar-refractivity contribution in [2.24, 2.45) is 0 Å². The van der Waals surface area contributed by atoms with Crippen LogP contribution in [0.25, 0.3) is 248 Å². The summed E-state index contributed by atoms with van der Waals surface area (Å²) < 4.78 is 36.6. The van der Waals surface area contributed by atoms with E-state index >= 15 is 0 Å². The van der Waals surface area contributed by atoms with Crippen molar-refractivity contribution in [3.05, 3.63) is 358 Å². The summed E-state index contributed by atoms with van der Waals surface area (Å²) in [5, 5.41) is 29.0. The van der Waals surface area contributed by atoms with Gasteiger partial charge in [0.2, 0.25) is 0 Å². The van der Waals surface area contributed by atoms with E-state index in [4.69, 9.17) is 22.7 Å². The van der Waals surface area contributed by atoms with Crippen molar-refractivity contribution < 1.29 is 17.7 Å². The van der Waals surface area contributed by atoms with Crippen molar-refractivity contribution in [1.29, 1.82) is 0 Å². The summed E-state index contributed by atoms with van der Waals surface area (Å²) in [6, 6.07) is 122. The average Bonchev–Trinajstić information content (AvgIpc) is 1.60. The van der Waals surface area contributed by atoms with E-state index in [1.807, 2.05) is 35.0 Å². The van der Waals surface area contributed by atoms with Crippen LogP contribution >= 0.6 is 34.0 Å². The molecule has 0 aliphatic carbocycles. The molecule has 27 rings (SSSR count). The van der Waals surface area contributed by atoms with Gasteiger partial charge in [0, 0.05) is 132 Å². The fraction of sp³-hybridized carbons (Fsp3) is 0. The number of nitrogens with zero attached hydrogens (tertiary/aromatic N) is 3. The Bertz CT molecular complexity index is 8760. The van der Waals surface area contributed by atoms with Gasteiger partial charge in [0.1, 0.15) is 33.4 Å². The van der Waals surface area contributed by atoms with Crippen LogP contribution in [0, 0.1) is 0 Å². The first-order valence-electron chi connectivity index (χ1n) is 38.7. The summed E-state index contributed by atoms with van der Waals surface area (Å²) in [6.07, 6.45) is 3.38. The van der Waals surface area contributed by atoms with E-state index in [2.05, 4.69) is 348 Å². The second-order valence-electron chi connectivity index (χ2n) is 29.8. The fourth-order valence-corrected chi connectivity index (χ4v) is 22.1. The van der Waals surface area contributed by atoms with E-state index in [-0.39, 0.29) is 0 Å². The van der Waals surface area contributed by atoms with Crippen LogP contribution in [0.3, 0.4) is 0 Å². The maximum atomic E-state index is 6.76. The van der Waals surface area contributed by atoms with Crippen LogP contribution in [-0.2, 0) is 0 Å². The number of hydrogen-bond donors (Lipinski definition) is 0. The highest BCUT2D eigenvalue weighted by molar-refractivity contribution is 7.27. The Morgan fingerprint density at radius 2 is 0.826 bits per heavy atom. The van der Waals surface area contributed by atoms with Gasteiger partial charge in [0.25, 0.3) is 0 Å². The minimum Gasteiger partial charge on any atom is -0.464 e. The van der Waals surface area contributed by atoms with Crippen molar-refractivity contribution in [3.63, 3.8) is 0 Å². The molecule has 0 amide bonds. The SMILES string of the molecule is c1ccc(-n2c3ccccc3c3cc(-c4cc5ocnc5c5c4ccc4c6ccccc6n(-c6ccccc6)c45)ccc32)cc1.c1ccc2c(-c3cc4occc4c4c3ccc3c5ccccc5sc34)csc2c1.c1ccc2c(c1)ccc1oc3c(ccc4c(-c5ccc6c(c5)sc5ccccc56)cc5oc6ccccc6c5c43)c12. The molecule has 0 radical (unpaired) electrons. The highest BCUT2D eigenvalue weighted by Gasteiger charge is 2.26. The number of oxazole rings is 1. The van der Waals surface area contributed by atoms with E-state index in [1.165, 1.54) is 138 Å². The summed E-state index contributed by atoms with van der Waals surface area (Å²) in [4.78, 5) is 4.78. The molecule has 536 valence electrons. The topological polar surface area (TPSA) is 75.3 Å². The number of furan rings is 3. The molecule has 0 N–H and O–H groups in total. The van der Waals surface area contributed by atoms with Gasteiger partial charge in [-0.3, -0.25) is 0 Å². The van der Waals surface area contributed by atoms with Gasteiger partial charge in [0.05, 0.1) is 28.3 Å². The molecule has 0 aliphatic heterocycles. The van der Waals surface area contributed by atoms with Crippen molar-refractivity contribution in [2.45, 2.75) is 0 Å². The molecule has 0 atom stereocenters. The van der Waals surface area contributed by atoms with Crippen molar-refractivity contribution in [1.82, 2.24) is 14.1 Å². The Balaban J connectivity index is 0.0000000991. The highest BCUT2D eigenvalue weighted by Crippen LogP contribution is 2.51. The van der Waals surface area contributed by atoms with Gasteiger partial charge in [-0.25, -0.2) is 4.98 Å². The second kappa shape index (κ2) is 25.1. The fourth-order valence-electron chi connectivity index (χ4n) is 18.7. The van der Waals surface area contributed by atoms with Gasteiger partial charge in [-0.15, -0.1) is 34.0 Å². The molecule has 0 saturated carbocycles.